The van der Waals surface area contributed by atoms with Crippen LogP contribution in [0.25, 0.3) is 10.3 Å². The van der Waals surface area contributed by atoms with E-state index in [1.165, 1.54) is 19.3 Å². The Hall–Kier alpha value is -1.69. The Kier molecular flexibility index (Phi) is 4.65. The molecular formula is C18H24N4OS. The van der Waals surface area contributed by atoms with Gasteiger partial charge in [-0.25, -0.2) is 9.97 Å². The second kappa shape index (κ2) is 7.05. The number of nitrogens with zero attached hydrogens (tertiary/aromatic N) is 3. The van der Waals surface area contributed by atoms with Gasteiger partial charge >= 0.3 is 0 Å². The highest BCUT2D eigenvalue weighted by molar-refractivity contribution is 7.21. The predicted octanol–water partition coefficient (Wildman–Crippen LogP) is 3.36. The maximum absolute atomic E-state index is 12.5. The van der Waals surface area contributed by atoms with Crippen molar-refractivity contribution in [3.63, 3.8) is 0 Å². The van der Waals surface area contributed by atoms with E-state index in [0.29, 0.717) is 6.04 Å². The van der Waals surface area contributed by atoms with Gasteiger partial charge in [0.25, 0.3) is 0 Å². The second-order valence-electron chi connectivity index (χ2n) is 6.93. The van der Waals surface area contributed by atoms with Crippen LogP contribution < -0.4 is 10.2 Å². The molecule has 24 heavy (non-hydrogen) atoms. The Balaban J connectivity index is 1.33. The average Bonchev–Trinajstić information content (AvgIpc) is 3.07. The van der Waals surface area contributed by atoms with Crippen LogP contribution in [0.2, 0.25) is 0 Å². The van der Waals surface area contributed by atoms with E-state index in [9.17, 15) is 4.79 Å². The van der Waals surface area contributed by atoms with Crippen molar-refractivity contribution in [3.8, 4) is 0 Å². The zero-order valence-corrected chi connectivity index (χ0v) is 14.7. The van der Waals surface area contributed by atoms with Gasteiger partial charge in [-0.2, -0.15) is 0 Å². The van der Waals surface area contributed by atoms with E-state index in [0.717, 1.165) is 54.3 Å². The van der Waals surface area contributed by atoms with E-state index in [1.54, 1.807) is 11.3 Å². The minimum atomic E-state index is 0.163. The van der Waals surface area contributed by atoms with Crippen LogP contribution in [0.4, 0.5) is 5.13 Å². The van der Waals surface area contributed by atoms with Crippen LogP contribution >= 0.6 is 11.3 Å². The number of piperidine rings is 1. The summed E-state index contributed by atoms with van der Waals surface area (Å²) in [5.74, 6) is 0.434. The number of rotatable bonds is 3. The van der Waals surface area contributed by atoms with E-state index in [1.807, 2.05) is 18.3 Å². The van der Waals surface area contributed by atoms with Gasteiger partial charge in [0.05, 0.1) is 0 Å². The fourth-order valence-electron chi connectivity index (χ4n) is 3.79. The van der Waals surface area contributed by atoms with Crippen LogP contribution in [0.1, 0.15) is 44.9 Å². The van der Waals surface area contributed by atoms with Crippen LogP contribution in [0, 0.1) is 5.92 Å². The lowest BCUT2D eigenvalue weighted by Gasteiger charge is -2.32. The molecule has 0 unspecified atom stereocenters. The molecule has 2 aliphatic rings. The fraction of sp³-hybridized carbons (Fsp3) is 0.611. The lowest BCUT2D eigenvalue weighted by molar-refractivity contribution is -0.126. The molecule has 5 nitrogen and oxygen atoms in total. The van der Waals surface area contributed by atoms with Crippen LogP contribution in [-0.2, 0) is 4.79 Å². The summed E-state index contributed by atoms with van der Waals surface area (Å²) in [6.07, 6.45) is 9.80. The Morgan fingerprint density at radius 1 is 1.17 bits per heavy atom. The summed E-state index contributed by atoms with van der Waals surface area (Å²) in [5, 5.41) is 4.32. The minimum Gasteiger partial charge on any atom is -0.353 e. The van der Waals surface area contributed by atoms with Gasteiger partial charge in [0.15, 0.2) is 5.13 Å². The number of carbonyl (C=O) groups is 1. The first-order chi connectivity index (χ1) is 11.8. The number of hydrogen-bond acceptors (Lipinski definition) is 5. The lowest BCUT2D eigenvalue weighted by atomic mass is 9.92. The normalized spacial score (nSPS) is 20.4. The molecule has 0 atom stereocenters. The van der Waals surface area contributed by atoms with Crippen molar-refractivity contribution in [2.75, 3.05) is 18.0 Å². The molecule has 1 N–H and O–H groups in total. The lowest BCUT2D eigenvalue weighted by Crippen LogP contribution is -2.44. The predicted molar refractivity (Wildman–Crippen MR) is 97.4 cm³/mol. The van der Waals surface area contributed by atoms with Crippen molar-refractivity contribution in [1.29, 1.82) is 0 Å². The highest BCUT2D eigenvalue weighted by Crippen LogP contribution is 2.30. The van der Waals surface area contributed by atoms with Gasteiger partial charge in [-0.05, 0) is 37.8 Å². The monoisotopic (exact) mass is 344 g/mol. The summed E-state index contributed by atoms with van der Waals surface area (Å²) in [6.45, 7) is 1.81. The summed E-state index contributed by atoms with van der Waals surface area (Å²) >= 11 is 1.65. The largest absolute Gasteiger partial charge is 0.353 e. The Morgan fingerprint density at radius 2 is 1.96 bits per heavy atom. The van der Waals surface area contributed by atoms with E-state index >= 15 is 0 Å². The maximum Gasteiger partial charge on any atom is 0.223 e. The van der Waals surface area contributed by atoms with Gasteiger partial charge in [-0.1, -0.05) is 30.6 Å². The molecule has 2 aromatic rings. The second-order valence-corrected chi connectivity index (χ2v) is 7.88. The van der Waals surface area contributed by atoms with Crippen LogP contribution in [0.15, 0.2) is 18.3 Å². The van der Waals surface area contributed by atoms with Gasteiger partial charge in [0.2, 0.25) is 5.91 Å². The standard InChI is InChI=1S/C18H24N4OS/c23-16(20-14-5-2-1-3-6-14)13-8-11-22(12-9-13)18-21-15-7-4-10-19-17(15)24-18/h4,7,10,13-14H,1-3,5-6,8-9,11-12H2,(H,20,23). The van der Waals surface area contributed by atoms with Crippen molar-refractivity contribution >= 4 is 32.7 Å². The Labute approximate surface area is 146 Å². The quantitative estimate of drug-likeness (QED) is 0.927. The first kappa shape index (κ1) is 15.8. The summed E-state index contributed by atoms with van der Waals surface area (Å²) in [4.78, 5) is 24.8. The number of thiazole rings is 1. The highest BCUT2D eigenvalue weighted by Gasteiger charge is 2.28. The average molecular weight is 344 g/mol. The zero-order valence-electron chi connectivity index (χ0n) is 13.9. The molecule has 0 aromatic carbocycles. The molecule has 1 saturated heterocycles. The summed E-state index contributed by atoms with van der Waals surface area (Å²) in [5.41, 5.74) is 0.967. The molecule has 1 amide bonds. The van der Waals surface area contributed by atoms with Gasteiger partial charge in [-0.3, -0.25) is 4.79 Å². The van der Waals surface area contributed by atoms with Crippen molar-refractivity contribution in [3.05, 3.63) is 18.3 Å². The molecule has 1 aliphatic carbocycles. The van der Waals surface area contributed by atoms with Crippen molar-refractivity contribution in [1.82, 2.24) is 15.3 Å². The first-order valence-corrected chi connectivity index (χ1v) is 9.88. The molecule has 1 saturated carbocycles. The molecule has 128 valence electrons. The molecular weight excluding hydrogens is 320 g/mol. The molecule has 0 spiro atoms. The molecule has 0 radical (unpaired) electrons. The molecule has 4 rings (SSSR count). The van der Waals surface area contributed by atoms with Crippen LogP contribution in [-0.4, -0.2) is 35.0 Å². The highest BCUT2D eigenvalue weighted by atomic mass is 32.1. The summed E-state index contributed by atoms with van der Waals surface area (Å²) in [7, 11) is 0. The van der Waals surface area contributed by atoms with Crippen molar-refractivity contribution < 1.29 is 4.79 Å². The number of fused-ring (bicyclic) bond motifs is 1. The third-order valence-electron chi connectivity index (χ3n) is 5.24. The Bertz CT molecular complexity index is 669. The molecule has 3 heterocycles. The van der Waals surface area contributed by atoms with E-state index < -0.39 is 0 Å². The number of aromatic nitrogens is 2. The zero-order chi connectivity index (χ0) is 16.4. The first-order valence-electron chi connectivity index (χ1n) is 9.06. The smallest absolute Gasteiger partial charge is 0.223 e. The minimum absolute atomic E-state index is 0.163. The number of amides is 1. The van der Waals surface area contributed by atoms with E-state index in [4.69, 9.17) is 0 Å². The molecule has 1 aliphatic heterocycles. The molecule has 2 aromatic heterocycles. The number of pyridine rings is 1. The van der Waals surface area contributed by atoms with Gasteiger partial charge in [0, 0.05) is 31.2 Å². The maximum atomic E-state index is 12.5. The number of nitrogens with one attached hydrogen (secondary N) is 1. The van der Waals surface area contributed by atoms with E-state index in [-0.39, 0.29) is 11.8 Å². The molecule has 6 heteroatoms. The van der Waals surface area contributed by atoms with Crippen molar-refractivity contribution in [2.45, 2.75) is 51.0 Å². The summed E-state index contributed by atoms with van der Waals surface area (Å²) in [6, 6.07) is 4.35. The van der Waals surface area contributed by atoms with E-state index in [2.05, 4.69) is 20.2 Å². The van der Waals surface area contributed by atoms with Crippen LogP contribution in [0.3, 0.4) is 0 Å². The van der Waals surface area contributed by atoms with Crippen LogP contribution in [0.5, 0.6) is 0 Å². The van der Waals surface area contributed by atoms with Crippen molar-refractivity contribution in [2.24, 2.45) is 5.92 Å². The number of anilines is 1. The number of hydrogen-bond donors (Lipinski definition) is 1. The summed E-state index contributed by atoms with van der Waals surface area (Å²) < 4.78 is 0. The molecule has 0 bridgehead atoms. The van der Waals surface area contributed by atoms with Gasteiger partial charge < -0.3 is 10.2 Å². The van der Waals surface area contributed by atoms with Gasteiger partial charge in [-0.15, -0.1) is 0 Å². The SMILES string of the molecule is O=C(NC1CCCCC1)C1CCN(c2nc3cccnc3s2)CC1. The third-order valence-corrected chi connectivity index (χ3v) is 6.28. The molecule has 2 fully saturated rings. The number of carbonyl (C=O) groups excluding carboxylic acids is 1. The Morgan fingerprint density at radius 3 is 2.71 bits per heavy atom. The topological polar surface area (TPSA) is 58.1 Å². The fourth-order valence-corrected chi connectivity index (χ4v) is 4.75. The third kappa shape index (κ3) is 3.38. The van der Waals surface area contributed by atoms with Gasteiger partial charge in [0.1, 0.15) is 10.3 Å².